The smallest absolute Gasteiger partial charge is 0.0897 e. The van der Waals surface area contributed by atoms with Gasteiger partial charge < -0.3 is 5.32 Å². The number of pyridine rings is 1. The van der Waals surface area contributed by atoms with Crippen LogP contribution in [0.4, 0.5) is 0 Å². The van der Waals surface area contributed by atoms with Crippen molar-refractivity contribution in [2.75, 3.05) is 19.6 Å². The molecule has 100 valence electrons. The second-order valence-corrected chi connectivity index (χ2v) is 5.90. The highest BCUT2D eigenvalue weighted by atomic mass is 32.1. The van der Waals surface area contributed by atoms with Crippen LogP contribution >= 0.6 is 11.3 Å². The second-order valence-electron chi connectivity index (χ2n) is 4.83. The third kappa shape index (κ3) is 3.00. The average molecular weight is 274 g/mol. The van der Waals surface area contributed by atoms with Crippen molar-refractivity contribution in [3.05, 3.63) is 46.2 Å². The Kier molecular flexibility index (Phi) is 3.87. The van der Waals surface area contributed by atoms with E-state index in [0.29, 0.717) is 6.04 Å². The van der Waals surface area contributed by atoms with Crippen LogP contribution in [0.5, 0.6) is 0 Å². The first-order valence-electron chi connectivity index (χ1n) is 6.58. The van der Waals surface area contributed by atoms with E-state index in [1.807, 2.05) is 18.5 Å². The van der Waals surface area contributed by atoms with Crippen molar-refractivity contribution in [1.29, 1.82) is 0 Å². The van der Waals surface area contributed by atoms with Crippen LogP contribution in [-0.4, -0.2) is 34.5 Å². The molecule has 0 spiro atoms. The molecular weight excluding hydrogens is 256 g/mol. The van der Waals surface area contributed by atoms with Crippen LogP contribution in [0.15, 0.2) is 29.9 Å². The Bertz CT molecular complexity index is 525. The van der Waals surface area contributed by atoms with Crippen molar-refractivity contribution < 1.29 is 0 Å². The molecule has 0 saturated carbocycles. The lowest BCUT2D eigenvalue weighted by molar-refractivity contribution is 0.152. The molecule has 2 aromatic heterocycles. The standard InChI is InChI=1S/C14H18N4S/c1-11-17-13(10-19-11)9-18-6-5-16-8-14(18)12-3-2-4-15-7-12/h2-4,7,10,14,16H,5-6,8-9H2,1H3. The van der Waals surface area contributed by atoms with Gasteiger partial charge in [-0.25, -0.2) is 4.98 Å². The third-order valence-corrected chi connectivity index (χ3v) is 4.28. The predicted octanol–water partition coefficient (Wildman–Crippen LogP) is 1.99. The molecule has 0 aromatic carbocycles. The summed E-state index contributed by atoms with van der Waals surface area (Å²) in [5.41, 5.74) is 2.46. The summed E-state index contributed by atoms with van der Waals surface area (Å²) in [6, 6.07) is 4.56. The summed E-state index contributed by atoms with van der Waals surface area (Å²) in [7, 11) is 0. The van der Waals surface area contributed by atoms with E-state index in [2.05, 4.69) is 38.6 Å². The molecule has 0 radical (unpaired) electrons. The van der Waals surface area contributed by atoms with Crippen LogP contribution in [0.25, 0.3) is 0 Å². The van der Waals surface area contributed by atoms with Gasteiger partial charge in [0, 0.05) is 50.0 Å². The summed E-state index contributed by atoms with van der Waals surface area (Å²) in [5.74, 6) is 0. The molecule has 3 rings (SSSR count). The van der Waals surface area contributed by atoms with Crippen molar-refractivity contribution in [3.8, 4) is 0 Å². The second kappa shape index (κ2) is 5.77. The summed E-state index contributed by atoms with van der Waals surface area (Å²) >= 11 is 1.72. The highest BCUT2D eigenvalue weighted by Gasteiger charge is 2.24. The summed E-state index contributed by atoms with van der Waals surface area (Å²) in [4.78, 5) is 11.3. The van der Waals surface area contributed by atoms with Crippen LogP contribution in [0.3, 0.4) is 0 Å². The van der Waals surface area contributed by atoms with Crippen LogP contribution in [0.1, 0.15) is 22.3 Å². The molecule has 1 N–H and O–H groups in total. The van der Waals surface area contributed by atoms with Crippen LogP contribution in [0.2, 0.25) is 0 Å². The maximum atomic E-state index is 4.57. The first-order chi connectivity index (χ1) is 9.33. The molecule has 0 bridgehead atoms. The molecule has 0 amide bonds. The van der Waals surface area contributed by atoms with E-state index in [1.165, 1.54) is 11.3 Å². The number of nitrogens with zero attached hydrogens (tertiary/aromatic N) is 3. The van der Waals surface area contributed by atoms with Gasteiger partial charge in [-0.05, 0) is 18.6 Å². The van der Waals surface area contributed by atoms with Gasteiger partial charge in [-0.15, -0.1) is 11.3 Å². The van der Waals surface area contributed by atoms with Crippen molar-refractivity contribution in [2.45, 2.75) is 19.5 Å². The van der Waals surface area contributed by atoms with Crippen molar-refractivity contribution in [2.24, 2.45) is 0 Å². The van der Waals surface area contributed by atoms with Gasteiger partial charge in [0.2, 0.25) is 0 Å². The molecule has 1 aliphatic rings. The van der Waals surface area contributed by atoms with Gasteiger partial charge in [0.15, 0.2) is 0 Å². The summed E-state index contributed by atoms with van der Waals surface area (Å²) in [6.07, 6.45) is 3.80. The minimum atomic E-state index is 0.393. The normalized spacial score (nSPS) is 20.6. The molecule has 19 heavy (non-hydrogen) atoms. The Morgan fingerprint density at radius 3 is 3.21 bits per heavy atom. The van der Waals surface area contributed by atoms with Crippen LogP contribution < -0.4 is 5.32 Å². The molecule has 1 saturated heterocycles. The Hall–Kier alpha value is -1.30. The lowest BCUT2D eigenvalue weighted by Gasteiger charge is -2.35. The Morgan fingerprint density at radius 1 is 1.53 bits per heavy atom. The quantitative estimate of drug-likeness (QED) is 0.929. The number of rotatable bonds is 3. The van der Waals surface area contributed by atoms with Crippen LogP contribution in [0, 0.1) is 6.92 Å². The summed E-state index contributed by atoms with van der Waals surface area (Å²) in [5, 5.41) is 6.77. The fourth-order valence-electron chi connectivity index (χ4n) is 2.53. The maximum Gasteiger partial charge on any atom is 0.0897 e. The topological polar surface area (TPSA) is 41.1 Å². The fourth-order valence-corrected chi connectivity index (χ4v) is 3.13. The predicted molar refractivity (Wildman–Crippen MR) is 77.1 cm³/mol. The van der Waals surface area contributed by atoms with Gasteiger partial charge in [0.1, 0.15) is 0 Å². The Labute approximate surface area is 117 Å². The number of thiazole rings is 1. The average Bonchev–Trinajstić information content (AvgIpc) is 2.86. The lowest BCUT2D eigenvalue weighted by atomic mass is 10.1. The van der Waals surface area contributed by atoms with Gasteiger partial charge in [-0.3, -0.25) is 9.88 Å². The summed E-state index contributed by atoms with van der Waals surface area (Å²) in [6.45, 7) is 6.06. The van der Waals surface area contributed by atoms with Crippen molar-refractivity contribution in [1.82, 2.24) is 20.2 Å². The number of nitrogens with one attached hydrogen (secondary N) is 1. The zero-order valence-electron chi connectivity index (χ0n) is 11.0. The zero-order valence-corrected chi connectivity index (χ0v) is 11.9. The fraction of sp³-hybridized carbons (Fsp3) is 0.429. The lowest BCUT2D eigenvalue weighted by Crippen LogP contribution is -2.45. The van der Waals surface area contributed by atoms with Crippen LogP contribution in [-0.2, 0) is 6.54 Å². The van der Waals surface area contributed by atoms with Crippen molar-refractivity contribution >= 4 is 11.3 Å². The molecule has 4 nitrogen and oxygen atoms in total. The number of hydrogen-bond donors (Lipinski definition) is 1. The van der Waals surface area contributed by atoms with E-state index < -0.39 is 0 Å². The Balaban J connectivity index is 1.77. The SMILES string of the molecule is Cc1nc(CN2CCNCC2c2cccnc2)cs1. The van der Waals surface area contributed by atoms with E-state index in [9.17, 15) is 0 Å². The minimum Gasteiger partial charge on any atom is -0.314 e. The van der Waals surface area contributed by atoms with E-state index in [0.717, 1.165) is 31.2 Å². The minimum absolute atomic E-state index is 0.393. The van der Waals surface area contributed by atoms with Crippen molar-refractivity contribution in [3.63, 3.8) is 0 Å². The van der Waals surface area contributed by atoms with E-state index in [1.54, 1.807) is 11.3 Å². The number of hydrogen-bond acceptors (Lipinski definition) is 5. The number of piperazine rings is 1. The maximum absolute atomic E-state index is 4.57. The van der Waals surface area contributed by atoms with E-state index in [4.69, 9.17) is 0 Å². The van der Waals surface area contributed by atoms with E-state index in [-0.39, 0.29) is 0 Å². The number of aromatic nitrogens is 2. The van der Waals surface area contributed by atoms with E-state index >= 15 is 0 Å². The number of aryl methyl sites for hydroxylation is 1. The molecule has 1 fully saturated rings. The highest BCUT2D eigenvalue weighted by molar-refractivity contribution is 7.09. The monoisotopic (exact) mass is 274 g/mol. The molecule has 0 aliphatic carbocycles. The zero-order chi connectivity index (χ0) is 13.1. The molecule has 5 heteroatoms. The molecule has 2 aromatic rings. The molecule has 1 unspecified atom stereocenters. The first kappa shape index (κ1) is 12.7. The van der Waals surface area contributed by atoms with Gasteiger partial charge in [0.25, 0.3) is 0 Å². The summed E-state index contributed by atoms with van der Waals surface area (Å²) < 4.78 is 0. The Morgan fingerprint density at radius 2 is 2.47 bits per heavy atom. The molecule has 1 aliphatic heterocycles. The van der Waals surface area contributed by atoms with Gasteiger partial charge in [-0.2, -0.15) is 0 Å². The molecular formula is C14H18N4S. The highest BCUT2D eigenvalue weighted by Crippen LogP contribution is 2.23. The van der Waals surface area contributed by atoms with Gasteiger partial charge >= 0.3 is 0 Å². The van der Waals surface area contributed by atoms with Gasteiger partial charge in [-0.1, -0.05) is 6.07 Å². The molecule has 3 heterocycles. The third-order valence-electron chi connectivity index (χ3n) is 3.46. The largest absolute Gasteiger partial charge is 0.314 e. The first-order valence-corrected chi connectivity index (χ1v) is 7.46. The van der Waals surface area contributed by atoms with Gasteiger partial charge in [0.05, 0.1) is 10.7 Å². The molecule has 1 atom stereocenters.